The van der Waals surface area contributed by atoms with E-state index in [9.17, 15) is 9.59 Å². The van der Waals surface area contributed by atoms with Gasteiger partial charge in [-0.2, -0.15) is 5.10 Å². The molecular weight excluding hydrogens is 534 g/mol. The number of nitrogens with zero attached hydrogens (tertiary/aromatic N) is 1. The predicted octanol–water partition coefficient (Wildman–Crippen LogP) is 6.15. The van der Waals surface area contributed by atoms with E-state index in [1.165, 1.54) is 13.3 Å². The lowest BCUT2D eigenvalue weighted by atomic mass is 10.0. The van der Waals surface area contributed by atoms with Gasteiger partial charge < -0.3 is 23.9 Å². The monoisotopic (exact) mass is 563 g/mol. The third-order valence-electron chi connectivity index (χ3n) is 6.67. The Balaban J connectivity index is 1.40. The first-order chi connectivity index (χ1) is 20.4. The molecule has 0 aliphatic rings. The third kappa shape index (κ3) is 5.66. The van der Waals surface area contributed by atoms with Crippen LogP contribution in [0.25, 0.3) is 22.0 Å². The number of carbonyl (C=O) groups is 2. The first-order valence-electron chi connectivity index (χ1n) is 13.1. The first-order valence-corrected chi connectivity index (χ1v) is 13.1. The number of nitrogens with one attached hydrogen (secondary N) is 2. The van der Waals surface area contributed by atoms with Gasteiger partial charge in [0, 0.05) is 5.56 Å². The summed E-state index contributed by atoms with van der Waals surface area (Å²) < 4.78 is 22.1. The molecule has 1 heterocycles. The van der Waals surface area contributed by atoms with Crippen molar-refractivity contribution in [3.05, 3.63) is 107 Å². The van der Waals surface area contributed by atoms with Gasteiger partial charge in [-0.1, -0.05) is 48.0 Å². The summed E-state index contributed by atoms with van der Waals surface area (Å²) in [5, 5.41) is 4.88. The number of hydrogen-bond acceptors (Lipinski definition) is 7. The molecule has 0 radical (unpaired) electrons. The van der Waals surface area contributed by atoms with Gasteiger partial charge in [0.05, 0.1) is 44.0 Å². The average Bonchev–Trinajstić information content (AvgIpc) is 3.43. The van der Waals surface area contributed by atoms with E-state index in [1.54, 1.807) is 56.7 Å². The Morgan fingerprint density at radius 1 is 0.786 bits per heavy atom. The van der Waals surface area contributed by atoms with Crippen LogP contribution in [-0.4, -0.2) is 44.4 Å². The standard InChI is InChI=1S/C33H29N3O6/c1-20-10-13-23(14-11-20)33(38)42-24-15-12-21(18-27(24)41-4)19-34-36-32(37)31-28(22-8-6-5-7-9-22)29-25(39-2)16-17-26(40-3)30(29)35-31/h5-19,35H,1-4H3,(H,36,37). The fourth-order valence-electron chi connectivity index (χ4n) is 4.57. The number of benzene rings is 4. The number of fused-ring (bicyclic) bond motifs is 1. The first kappa shape index (κ1) is 28.0. The lowest BCUT2D eigenvalue weighted by Gasteiger charge is -2.10. The Labute approximate surface area is 242 Å². The molecule has 9 heteroatoms. The minimum absolute atomic E-state index is 0.262. The number of hydrogen-bond donors (Lipinski definition) is 2. The summed E-state index contributed by atoms with van der Waals surface area (Å²) in [7, 11) is 4.62. The van der Waals surface area contributed by atoms with Gasteiger partial charge >= 0.3 is 5.97 Å². The van der Waals surface area contributed by atoms with Crippen molar-refractivity contribution in [1.82, 2.24) is 10.4 Å². The Kier molecular flexibility index (Phi) is 8.19. The molecule has 5 rings (SSSR count). The second-order valence-electron chi connectivity index (χ2n) is 9.33. The van der Waals surface area contributed by atoms with Gasteiger partial charge in [-0.3, -0.25) is 4.79 Å². The fourth-order valence-corrected chi connectivity index (χ4v) is 4.57. The molecule has 9 nitrogen and oxygen atoms in total. The summed E-state index contributed by atoms with van der Waals surface area (Å²) in [6.45, 7) is 1.94. The largest absolute Gasteiger partial charge is 0.496 e. The van der Waals surface area contributed by atoms with Crippen molar-refractivity contribution in [3.8, 4) is 34.1 Å². The van der Waals surface area contributed by atoms with E-state index in [0.717, 1.165) is 16.5 Å². The molecule has 0 unspecified atom stereocenters. The van der Waals surface area contributed by atoms with Gasteiger partial charge in [0.2, 0.25) is 0 Å². The molecule has 0 aliphatic heterocycles. The van der Waals surface area contributed by atoms with Crippen molar-refractivity contribution in [2.45, 2.75) is 6.92 Å². The maximum Gasteiger partial charge on any atom is 0.343 e. The highest BCUT2D eigenvalue weighted by molar-refractivity contribution is 6.13. The van der Waals surface area contributed by atoms with Crippen LogP contribution < -0.4 is 24.4 Å². The second kappa shape index (κ2) is 12.3. The number of rotatable bonds is 9. The van der Waals surface area contributed by atoms with Crippen LogP contribution in [0.5, 0.6) is 23.0 Å². The highest BCUT2D eigenvalue weighted by Crippen LogP contribution is 2.42. The SMILES string of the molecule is COc1cc(C=NNC(=O)c2[nH]c3c(OC)ccc(OC)c3c2-c2ccccc2)ccc1OC(=O)c1ccc(C)cc1. The summed E-state index contributed by atoms with van der Waals surface area (Å²) in [6.07, 6.45) is 1.47. The van der Waals surface area contributed by atoms with Gasteiger partial charge in [-0.15, -0.1) is 0 Å². The van der Waals surface area contributed by atoms with Crippen molar-refractivity contribution in [2.24, 2.45) is 5.10 Å². The number of aromatic nitrogens is 1. The normalized spacial score (nSPS) is 11.0. The molecule has 0 atom stereocenters. The van der Waals surface area contributed by atoms with Crippen LogP contribution in [-0.2, 0) is 0 Å². The quantitative estimate of drug-likeness (QED) is 0.0963. The molecule has 5 aromatic rings. The molecule has 212 valence electrons. The van der Waals surface area contributed by atoms with Gasteiger partial charge in [0.15, 0.2) is 11.5 Å². The van der Waals surface area contributed by atoms with Crippen LogP contribution in [0.1, 0.15) is 32.0 Å². The highest BCUT2D eigenvalue weighted by atomic mass is 16.6. The van der Waals surface area contributed by atoms with Gasteiger partial charge in [-0.05, 0) is 60.5 Å². The number of ether oxygens (including phenoxy) is 4. The Morgan fingerprint density at radius 2 is 1.45 bits per heavy atom. The van der Waals surface area contributed by atoms with E-state index in [0.29, 0.717) is 45.1 Å². The minimum Gasteiger partial charge on any atom is -0.496 e. The number of amides is 1. The van der Waals surface area contributed by atoms with Crippen molar-refractivity contribution in [2.75, 3.05) is 21.3 Å². The number of carbonyl (C=O) groups excluding carboxylic acids is 2. The lowest BCUT2D eigenvalue weighted by molar-refractivity contribution is 0.0729. The van der Waals surface area contributed by atoms with Crippen LogP contribution in [0.4, 0.5) is 0 Å². The Hall–Kier alpha value is -5.57. The molecule has 0 bridgehead atoms. The molecule has 42 heavy (non-hydrogen) atoms. The average molecular weight is 564 g/mol. The van der Waals surface area contributed by atoms with Crippen molar-refractivity contribution in [3.63, 3.8) is 0 Å². The van der Waals surface area contributed by atoms with Crippen LogP contribution >= 0.6 is 0 Å². The molecule has 4 aromatic carbocycles. The number of esters is 1. The number of hydrazone groups is 1. The highest BCUT2D eigenvalue weighted by Gasteiger charge is 2.24. The molecule has 0 aliphatic carbocycles. The number of aromatic amines is 1. The lowest BCUT2D eigenvalue weighted by Crippen LogP contribution is -2.19. The maximum absolute atomic E-state index is 13.4. The zero-order valence-electron chi connectivity index (χ0n) is 23.6. The predicted molar refractivity (Wildman–Crippen MR) is 161 cm³/mol. The zero-order chi connectivity index (χ0) is 29.6. The number of methoxy groups -OCH3 is 3. The second-order valence-corrected chi connectivity index (χ2v) is 9.33. The molecule has 0 saturated heterocycles. The van der Waals surface area contributed by atoms with E-state index in [-0.39, 0.29) is 5.75 Å². The maximum atomic E-state index is 13.4. The van der Waals surface area contributed by atoms with E-state index in [2.05, 4.69) is 15.5 Å². The molecular formula is C33H29N3O6. The minimum atomic E-state index is -0.497. The fraction of sp³-hybridized carbons (Fsp3) is 0.121. The van der Waals surface area contributed by atoms with Crippen LogP contribution in [0.3, 0.4) is 0 Å². The Bertz CT molecular complexity index is 1780. The van der Waals surface area contributed by atoms with Crippen molar-refractivity contribution >= 4 is 29.0 Å². The summed E-state index contributed by atoms with van der Waals surface area (Å²) in [6, 6.07) is 25.2. The van der Waals surface area contributed by atoms with E-state index >= 15 is 0 Å². The van der Waals surface area contributed by atoms with E-state index < -0.39 is 11.9 Å². The van der Waals surface area contributed by atoms with Gasteiger partial charge in [0.1, 0.15) is 17.2 Å². The Morgan fingerprint density at radius 3 is 2.14 bits per heavy atom. The third-order valence-corrected chi connectivity index (χ3v) is 6.67. The molecule has 0 saturated carbocycles. The van der Waals surface area contributed by atoms with Crippen LogP contribution in [0, 0.1) is 6.92 Å². The number of H-pyrrole nitrogens is 1. The van der Waals surface area contributed by atoms with Crippen molar-refractivity contribution < 1.29 is 28.5 Å². The zero-order valence-corrected chi connectivity index (χ0v) is 23.6. The molecule has 0 spiro atoms. The van der Waals surface area contributed by atoms with Crippen LogP contribution in [0.2, 0.25) is 0 Å². The van der Waals surface area contributed by atoms with Crippen LogP contribution in [0.15, 0.2) is 90.0 Å². The molecule has 1 aromatic heterocycles. The number of aryl methyl sites for hydroxylation is 1. The van der Waals surface area contributed by atoms with Gasteiger partial charge in [0.25, 0.3) is 5.91 Å². The van der Waals surface area contributed by atoms with E-state index in [1.807, 2.05) is 49.4 Å². The van der Waals surface area contributed by atoms with Crippen molar-refractivity contribution in [1.29, 1.82) is 0 Å². The summed E-state index contributed by atoms with van der Waals surface area (Å²) in [5.74, 6) is 0.813. The molecule has 2 N–H and O–H groups in total. The summed E-state index contributed by atoms with van der Waals surface area (Å²) in [4.78, 5) is 29.2. The summed E-state index contributed by atoms with van der Waals surface area (Å²) in [5.41, 5.74) is 7.10. The molecule has 1 amide bonds. The molecule has 0 fully saturated rings. The van der Waals surface area contributed by atoms with E-state index in [4.69, 9.17) is 18.9 Å². The van der Waals surface area contributed by atoms with Gasteiger partial charge in [-0.25, -0.2) is 10.2 Å². The smallest absolute Gasteiger partial charge is 0.343 e. The topological polar surface area (TPSA) is 111 Å². The summed E-state index contributed by atoms with van der Waals surface area (Å²) >= 11 is 0.